The van der Waals surface area contributed by atoms with Gasteiger partial charge in [-0.3, -0.25) is 15.0 Å². The molecular weight excluding hydrogens is 484 g/mol. The number of amidine groups is 1. The summed E-state index contributed by atoms with van der Waals surface area (Å²) in [6, 6.07) is 17.1. The monoisotopic (exact) mass is 512 g/mol. The van der Waals surface area contributed by atoms with Crippen LogP contribution < -0.4 is 10.5 Å². The van der Waals surface area contributed by atoms with Crippen LogP contribution in [0.4, 0.5) is 0 Å². The van der Waals surface area contributed by atoms with Gasteiger partial charge in [0.2, 0.25) is 10.0 Å². The number of sulfonamides is 1. The van der Waals surface area contributed by atoms with Crippen molar-refractivity contribution in [3.8, 4) is 5.75 Å². The highest BCUT2D eigenvalue weighted by molar-refractivity contribution is 7.89. The molecule has 36 heavy (non-hydrogen) atoms. The van der Waals surface area contributed by atoms with Gasteiger partial charge in [-0.1, -0.05) is 24.3 Å². The van der Waals surface area contributed by atoms with Crippen LogP contribution in [0.25, 0.3) is 10.8 Å². The Labute approximate surface area is 209 Å². The molecule has 0 bridgehead atoms. The molecule has 3 aromatic rings. The second kappa shape index (κ2) is 11.2. The minimum Gasteiger partial charge on any atom is -0.497 e. The molecule has 1 heterocycles. The number of aliphatic carboxylic acids is 1. The molecule has 0 unspecified atom stereocenters. The topological polar surface area (TPSA) is 154 Å². The number of hydrogen-bond donors (Lipinski definition) is 3. The van der Waals surface area contributed by atoms with E-state index in [0.29, 0.717) is 30.0 Å². The van der Waals surface area contributed by atoms with Crippen molar-refractivity contribution in [1.82, 2.24) is 9.21 Å². The molecule has 1 saturated heterocycles. The molecule has 11 heteroatoms. The fourth-order valence-corrected chi connectivity index (χ4v) is 5.20. The summed E-state index contributed by atoms with van der Waals surface area (Å²) in [6.45, 7) is 2.12. The van der Waals surface area contributed by atoms with Gasteiger partial charge in [0.05, 0.1) is 12.0 Å². The van der Waals surface area contributed by atoms with E-state index in [2.05, 4.69) is 0 Å². The maximum Gasteiger partial charge on any atom is 0.300 e. The van der Waals surface area contributed by atoms with Gasteiger partial charge in [-0.05, 0) is 47.2 Å². The van der Waals surface area contributed by atoms with E-state index in [9.17, 15) is 13.2 Å². The molecule has 4 N–H and O–H groups in total. The zero-order chi connectivity index (χ0) is 26.5. The standard InChI is InChI=1S/C23H24N4O4S.C2H4O2/c1-31-20-8-6-16-7-9-21(15-19(16)14-20)32(29,30)27-12-10-26(11-13-27)23(28)18-4-2-17(3-5-18)22(24)25;1-2(3)4/h2-9,14-15H,10-13H2,1H3,(H3,24,25);1H3,(H,3,4). The number of nitrogens with zero attached hydrogens (tertiary/aromatic N) is 2. The number of rotatable bonds is 5. The number of carbonyl (C=O) groups is 2. The van der Waals surface area contributed by atoms with Gasteiger partial charge in [0.1, 0.15) is 11.6 Å². The van der Waals surface area contributed by atoms with E-state index in [1.165, 1.54) is 4.31 Å². The van der Waals surface area contributed by atoms with Crippen LogP contribution in [0.15, 0.2) is 65.6 Å². The van der Waals surface area contributed by atoms with E-state index in [0.717, 1.165) is 17.7 Å². The lowest BCUT2D eigenvalue weighted by molar-refractivity contribution is -0.134. The van der Waals surface area contributed by atoms with Crippen LogP contribution in [0, 0.1) is 5.41 Å². The number of amides is 1. The third-order valence-corrected chi connectivity index (χ3v) is 7.52. The number of piperazine rings is 1. The van der Waals surface area contributed by atoms with Crippen LogP contribution in [0.3, 0.4) is 0 Å². The molecule has 0 spiro atoms. The Balaban J connectivity index is 0.000000840. The Bertz CT molecular complexity index is 1380. The fourth-order valence-electron chi connectivity index (χ4n) is 3.75. The first-order chi connectivity index (χ1) is 17.0. The van der Waals surface area contributed by atoms with Gasteiger partial charge in [0, 0.05) is 44.2 Å². The van der Waals surface area contributed by atoms with E-state index in [1.807, 2.05) is 18.2 Å². The highest BCUT2D eigenvalue weighted by Gasteiger charge is 2.30. The second-order valence-corrected chi connectivity index (χ2v) is 10.0. The lowest BCUT2D eigenvalue weighted by Gasteiger charge is -2.34. The lowest BCUT2D eigenvalue weighted by atomic mass is 10.1. The Kier molecular flexibility index (Phi) is 8.28. The van der Waals surface area contributed by atoms with Crippen LogP contribution in [-0.2, 0) is 14.8 Å². The molecular formula is C25H28N4O6S. The summed E-state index contributed by atoms with van der Waals surface area (Å²) in [5.74, 6) is -0.402. The molecule has 3 aromatic carbocycles. The minimum absolute atomic E-state index is 0.0602. The van der Waals surface area contributed by atoms with E-state index in [-0.39, 0.29) is 29.7 Å². The number of carbonyl (C=O) groups excluding carboxylic acids is 1. The number of benzene rings is 3. The average Bonchev–Trinajstić information content (AvgIpc) is 2.87. The largest absolute Gasteiger partial charge is 0.497 e. The van der Waals surface area contributed by atoms with Crippen LogP contribution >= 0.6 is 0 Å². The van der Waals surface area contributed by atoms with Crippen LogP contribution in [-0.4, -0.2) is 73.7 Å². The van der Waals surface area contributed by atoms with E-state index in [4.69, 9.17) is 25.8 Å². The van der Waals surface area contributed by atoms with Crippen LogP contribution in [0.5, 0.6) is 5.75 Å². The Morgan fingerprint density at radius 3 is 2.03 bits per heavy atom. The fraction of sp³-hybridized carbons (Fsp3) is 0.240. The van der Waals surface area contributed by atoms with Gasteiger partial charge in [-0.2, -0.15) is 4.31 Å². The smallest absolute Gasteiger partial charge is 0.300 e. The maximum atomic E-state index is 13.2. The summed E-state index contributed by atoms with van der Waals surface area (Å²) >= 11 is 0. The third-order valence-electron chi connectivity index (χ3n) is 5.63. The number of fused-ring (bicyclic) bond motifs is 1. The van der Waals surface area contributed by atoms with Crippen molar-refractivity contribution in [3.63, 3.8) is 0 Å². The first-order valence-electron chi connectivity index (χ1n) is 11.0. The van der Waals surface area contributed by atoms with E-state index in [1.54, 1.807) is 54.5 Å². The highest BCUT2D eigenvalue weighted by Crippen LogP contribution is 2.26. The number of nitrogen functional groups attached to an aromatic ring is 1. The zero-order valence-corrected chi connectivity index (χ0v) is 20.8. The van der Waals surface area contributed by atoms with Crippen LogP contribution in [0.1, 0.15) is 22.8 Å². The number of hydrogen-bond acceptors (Lipinski definition) is 6. The van der Waals surface area contributed by atoms with Gasteiger partial charge < -0.3 is 20.5 Å². The van der Waals surface area contributed by atoms with E-state index < -0.39 is 16.0 Å². The summed E-state index contributed by atoms with van der Waals surface area (Å²) in [4.78, 5) is 23.6. The normalized spacial score (nSPS) is 14.0. The van der Waals surface area contributed by atoms with Crippen molar-refractivity contribution in [3.05, 3.63) is 71.8 Å². The summed E-state index contributed by atoms with van der Waals surface area (Å²) in [5.41, 5.74) is 6.48. The lowest BCUT2D eigenvalue weighted by Crippen LogP contribution is -2.50. The summed E-state index contributed by atoms with van der Waals surface area (Å²) in [6.07, 6.45) is 0. The molecule has 1 fully saturated rings. The number of nitrogens with one attached hydrogen (secondary N) is 1. The molecule has 10 nitrogen and oxygen atoms in total. The number of nitrogens with two attached hydrogens (primary N) is 1. The van der Waals surface area contributed by atoms with Gasteiger partial charge in [0.25, 0.3) is 11.9 Å². The molecule has 4 rings (SSSR count). The molecule has 0 aliphatic carbocycles. The number of ether oxygens (including phenoxy) is 1. The first-order valence-corrected chi connectivity index (χ1v) is 12.5. The summed E-state index contributed by atoms with van der Waals surface area (Å²) < 4.78 is 33.0. The van der Waals surface area contributed by atoms with Gasteiger partial charge in [0.15, 0.2) is 0 Å². The van der Waals surface area contributed by atoms with Crippen molar-refractivity contribution in [2.24, 2.45) is 5.73 Å². The molecule has 0 aromatic heterocycles. The predicted molar refractivity (Wildman–Crippen MR) is 136 cm³/mol. The van der Waals surface area contributed by atoms with Crippen molar-refractivity contribution in [1.29, 1.82) is 5.41 Å². The van der Waals surface area contributed by atoms with Gasteiger partial charge >= 0.3 is 0 Å². The number of methoxy groups -OCH3 is 1. The third kappa shape index (κ3) is 6.18. The molecule has 0 atom stereocenters. The maximum absolute atomic E-state index is 13.2. The van der Waals surface area contributed by atoms with Gasteiger partial charge in [-0.25, -0.2) is 8.42 Å². The second-order valence-electron chi connectivity index (χ2n) is 8.08. The SMILES string of the molecule is CC(=O)O.COc1ccc2ccc(S(=O)(=O)N3CCN(C(=O)c4ccc(C(=N)N)cc4)CC3)cc2c1. The predicted octanol–water partition coefficient (Wildman–Crippen LogP) is 2.37. The summed E-state index contributed by atoms with van der Waals surface area (Å²) in [7, 11) is -2.12. The summed E-state index contributed by atoms with van der Waals surface area (Å²) in [5, 5.41) is 16.6. The van der Waals surface area contributed by atoms with Crippen molar-refractivity contribution >= 4 is 38.5 Å². The van der Waals surface area contributed by atoms with Crippen LogP contribution in [0.2, 0.25) is 0 Å². The first kappa shape index (κ1) is 26.6. The van der Waals surface area contributed by atoms with Crippen molar-refractivity contribution in [2.75, 3.05) is 33.3 Å². The average molecular weight is 513 g/mol. The molecule has 0 saturated carbocycles. The molecule has 1 aliphatic rings. The van der Waals surface area contributed by atoms with Gasteiger partial charge in [-0.15, -0.1) is 0 Å². The van der Waals surface area contributed by atoms with E-state index >= 15 is 0 Å². The Morgan fingerprint density at radius 2 is 1.47 bits per heavy atom. The van der Waals surface area contributed by atoms with Crippen molar-refractivity contribution < 1.29 is 27.9 Å². The zero-order valence-electron chi connectivity index (χ0n) is 20.0. The molecule has 0 radical (unpaired) electrons. The van der Waals surface area contributed by atoms with Crippen molar-refractivity contribution in [2.45, 2.75) is 11.8 Å². The number of carboxylic acids is 1. The molecule has 190 valence electrons. The molecule has 1 amide bonds. The minimum atomic E-state index is -3.68. The number of carboxylic acid groups (broad SMARTS) is 1. The Hall–Kier alpha value is -3.96. The molecule has 1 aliphatic heterocycles. The quantitative estimate of drug-likeness (QED) is 0.350. The highest BCUT2D eigenvalue weighted by atomic mass is 32.2. The Morgan fingerprint density at radius 1 is 0.917 bits per heavy atom.